The van der Waals surface area contributed by atoms with Gasteiger partial charge < -0.3 is 4.79 Å². The molecule has 1 nitrogen and oxygen atoms in total. The van der Waals surface area contributed by atoms with Gasteiger partial charge in [-0.2, -0.15) is 0 Å². The molecule has 0 aliphatic carbocycles. The van der Waals surface area contributed by atoms with Crippen molar-refractivity contribution in [2.45, 2.75) is 67.2 Å². The topological polar surface area (TPSA) is 17.1 Å². The van der Waals surface area contributed by atoms with Crippen LogP contribution in [0.25, 0.3) is 12.2 Å². The number of allylic oxidation sites excluding steroid dienone is 7. The Balaban J connectivity index is 0. The van der Waals surface area contributed by atoms with Crippen LogP contribution in [0, 0.1) is 12.3 Å². The summed E-state index contributed by atoms with van der Waals surface area (Å²) in [5.74, 6) is 0.449. The lowest BCUT2D eigenvalue weighted by Crippen LogP contribution is -2.10. The minimum Gasteiger partial charge on any atom is -0.307 e. The van der Waals surface area contributed by atoms with E-state index in [-0.39, 0.29) is 5.41 Å². The summed E-state index contributed by atoms with van der Waals surface area (Å²) in [4.78, 5) is 8.00. The minimum atomic E-state index is 0.0717. The highest BCUT2D eigenvalue weighted by Gasteiger charge is 2.18. The number of aryl methyl sites for hydroxylation is 1. The first kappa shape index (κ1) is 38.7. The first-order valence-electron chi connectivity index (χ1n) is 13.7. The van der Waals surface area contributed by atoms with Crippen LogP contribution >= 0.6 is 11.6 Å². The van der Waals surface area contributed by atoms with Crippen molar-refractivity contribution in [3.8, 4) is 0 Å². The summed E-state index contributed by atoms with van der Waals surface area (Å²) in [6, 6.07) is 14.7. The predicted molar refractivity (Wildman–Crippen MR) is 184 cm³/mol. The number of hydrogen-bond donors (Lipinski definition) is 0. The Morgan fingerprint density at radius 3 is 2.08 bits per heavy atom. The molecule has 0 bridgehead atoms. The van der Waals surface area contributed by atoms with Crippen LogP contribution < -0.4 is 0 Å². The van der Waals surface area contributed by atoms with Crippen molar-refractivity contribution in [3.63, 3.8) is 0 Å². The van der Waals surface area contributed by atoms with Crippen molar-refractivity contribution < 1.29 is 4.79 Å². The summed E-state index contributed by atoms with van der Waals surface area (Å²) in [5.41, 5.74) is 8.43. The molecule has 0 aliphatic heterocycles. The zero-order chi connectivity index (χ0) is 31.3. The third kappa shape index (κ3) is 14.1. The lowest BCUT2D eigenvalue weighted by atomic mass is 9.81. The Morgan fingerprint density at radius 2 is 1.55 bits per heavy atom. The van der Waals surface area contributed by atoms with Gasteiger partial charge in [-0.3, -0.25) is 0 Å². The number of carbonyl (C=O) groups excluding carboxylic acids is 1. The van der Waals surface area contributed by atoms with E-state index in [0.29, 0.717) is 5.92 Å². The second kappa shape index (κ2) is 21.4. The molecule has 2 rings (SSSR count). The fourth-order valence-electron chi connectivity index (χ4n) is 4.06. The second-order valence-electron chi connectivity index (χ2n) is 9.95. The summed E-state index contributed by atoms with van der Waals surface area (Å²) >= 11 is 6.05. The third-order valence-corrected chi connectivity index (χ3v) is 6.36. The molecule has 0 N–H and O–H groups in total. The molecule has 2 aromatic carbocycles. The molecule has 1 unspecified atom stereocenters. The zero-order valence-electron chi connectivity index (χ0n) is 26.0. The molecule has 1 atom stereocenters. The van der Waals surface area contributed by atoms with E-state index >= 15 is 0 Å². The number of benzene rings is 2. The normalized spacial score (nSPS) is 12.0. The van der Waals surface area contributed by atoms with E-state index in [1.807, 2.05) is 57.1 Å². The van der Waals surface area contributed by atoms with E-state index in [1.54, 1.807) is 0 Å². The molecule has 0 saturated carbocycles. The van der Waals surface area contributed by atoms with E-state index in [2.05, 4.69) is 110 Å². The van der Waals surface area contributed by atoms with E-state index < -0.39 is 0 Å². The Morgan fingerprint density at radius 1 is 0.950 bits per heavy atom. The second-order valence-corrected chi connectivity index (χ2v) is 10.4. The molecule has 0 amide bonds. The van der Waals surface area contributed by atoms with Crippen molar-refractivity contribution in [1.29, 1.82) is 0 Å². The van der Waals surface area contributed by atoms with E-state index in [4.69, 9.17) is 16.4 Å². The Hall–Kier alpha value is -3.42. The van der Waals surface area contributed by atoms with Crippen molar-refractivity contribution in [2.75, 3.05) is 0 Å². The molecule has 0 saturated heterocycles. The van der Waals surface area contributed by atoms with Gasteiger partial charge in [0.2, 0.25) is 0 Å². The van der Waals surface area contributed by atoms with Crippen LogP contribution in [0.4, 0.5) is 0 Å². The van der Waals surface area contributed by atoms with E-state index in [0.717, 1.165) is 34.6 Å². The molecule has 2 heteroatoms. The van der Waals surface area contributed by atoms with Crippen LogP contribution in [-0.4, -0.2) is 6.79 Å². The summed E-state index contributed by atoms with van der Waals surface area (Å²) in [5, 5.41) is 0.759. The fraction of sp³-hybridized carbons (Fsp3) is 0.289. The molecule has 0 heterocycles. The molecular formula is C38H51ClO. The largest absolute Gasteiger partial charge is 0.307 e. The summed E-state index contributed by atoms with van der Waals surface area (Å²) in [6.45, 7) is 35.3. The standard InChI is InChI=1S/C33H39Cl.C2H6.C2H4.CH2O/c1-9-28(32(10-2)33(6,7)8)19-16-25(4)30-13-11-12-27(23-30)17-14-24(3)15-18-29-20-21-31(34)22-26(29)5;3*1-2/h9-15,17-18,20-23,25H,1-3,16,19H2,4-8H3;1-2H3;1-2H2;1H2/b17-14+,18-15-,32-28-;;;. The lowest BCUT2D eigenvalue weighted by molar-refractivity contribution is -0.0980. The van der Waals surface area contributed by atoms with Crippen molar-refractivity contribution in [1.82, 2.24) is 0 Å². The van der Waals surface area contributed by atoms with Gasteiger partial charge in [0.1, 0.15) is 6.79 Å². The highest BCUT2D eigenvalue weighted by molar-refractivity contribution is 6.30. The maximum Gasteiger partial charge on any atom is 0.106 e. The number of hydrogen-bond acceptors (Lipinski definition) is 1. The summed E-state index contributed by atoms with van der Waals surface area (Å²) in [7, 11) is 0. The van der Waals surface area contributed by atoms with Crippen LogP contribution in [0.3, 0.4) is 0 Å². The van der Waals surface area contributed by atoms with Crippen LogP contribution in [0.5, 0.6) is 0 Å². The van der Waals surface area contributed by atoms with Crippen molar-refractivity contribution in [3.05, 3.63) is 144 Å². The third-order valence-electron chi connectivity index (χ3n) is 6.13. The summed E-state index contributed by atoms with van der Waals surface area (Å²) in [6.07, 6.45) is 14.4. The van der Waals surface area contributed by atoms with Crippen LogP contribution in [0.15, 0.2) is 116 Å². The molecule has 0 spiro atoms. The molecule has 0 radical (unpaired) electrons. The molecule has 40 heavy (non-hydrogen) atoms. The Bertz CT molecular complexity index is 1150. The van der Waals surface area contributed by atoms with Crippen LogP contribution in [0.1, 0.15) is 82.6 Å². The average molecular weight is 559 g/mol. The van der Waals surface area contributed by atoms with Gasteiger partial charge >= 0.3 is 0 Å². The van der Waals surface area contributed by atoms with Gasteiger partial charge in [0.15, 0.2) is 0 Å². The molecule has 0 aromatic heterocycles. The maximum absolute atomic E-state index is 8.00. The lowest BCUT2D eigenvalue weighted by Gasteiger charge is -2.24. The number of rotatable bonds is 10. The van der Waals surface area contributed by atoms with Crippen LogP contribution in [0.2, 0.25) is 5.02 Å². The van der Waals surface area contributed by atoms with E-state index in [9.17, 15) is 0 Å². The van der Waals surface area contributed by atoms with Crippen LogP contribution in [-0.2, 0) is 4.79 Å². The Kier molecular flexibility index (Phi) is 20.7. The molecule has 0 aliphatic rings. The molecule has 2 aromatic rings. The van der Waals surface area contributed by atoms with Gasteiger partial charge in [0, 0.05) is 5.02 Å². The fourth-order valence-corrected chi connectivity index (χ4v) is 4.28. The van der Waals surface area contributed by atoms with Crippen molar-refractivity contribution >= 4 is 30.5 Å². The molecule has 0 fully saturated rings. The molecular weight excluding hydrogens is 508 g/mol. The predicted octanol–water partition coefficient (Wildman–Crippen LogP) is 12.2. The average Bonchev–Trinajstić information content (AvgIpc) is 2.96. The SMILES string of the molecule is C=C.C=C/C(CCC(C)c1cccc(/C=C/C(=C)/C=C\c2ccc(Cl)cc2C)c1)=C(\C=C)C(C)(C)C.C=O.CC. The first-order valence-corrected chi connectivity index (χ1v) is 14.1. The summed E-state index contributed by atoms with van der Waals surface area (Å²) < 4.78 is 0. The maximum atomic E-state index is 8.00. The van der Waals surface area contributed by atoms with Gasteiger partial charge in [-0.1, -0.05) is 140 Å². The van der Waals surface area contributed by atoms with Gasteiger partial charge in [0.05, 0.1) is 0 Å². The number of halogens is 1. The quantitative estimate of drug-likeness (QED) is 0.209. The van der Waals surface area contributed by atoms with Gasteiger partial charge in [0.25, 0.3) is 0 Å². The number of carbonyl (C=O) groups is 1. The molecule has 216 valence electrons. The highest BCUT2D eigenvalue weighted by Crippen LogP contribution is 2.33. The monoisotopic (exact) mass is 558 g/mol. The first-order chi connectivity index (χ1) is 19.0. The smallest absolute Gasteiger partial charge is 0.106 e. The van der Waals surface area contributed by atoms with Crippen molar-refractivity contribution in [2.24, 2.45) is 5.41 Å². The van der Waals surface area contributed by atoms with Gasteiger partial charge in [-0.25, -0.2) is 0 Å². The zero-order valence-corrected chi connectivity index (χ0v) is 26.8. The Labute approximate surface area is 251 Å². The van der Waals surface area contributed by atoms with E-state index in [1.165, 1.54) is 22.3 Å². The van der Waals surface area contributed by atoms with Gasteiger partial charge in [-0.05, 0) is 82.2 Å². The highest BCUT2D eigenvalue weighted by atomic mass is 35.5. The van der Waals surface area contributed by atoms with Gasteiger partial charge in [-0.15, -0.1) is 13.2 Å². The minimum absolute atomic E-state index is 0.0717.